The lowest BCUT2D eigenvalue weighted by Crippen LogP contribution is -2.49. The van der Waals surface area contributed by atoms with Crippen LogP contribution < -0.4 is 15.4 Å². The molecule has 1 aromatic heterocycles. The highest BCUT2D eigenvalue weighted by Gasteiger charge is 2.30. The van der Waals surface area contributed by atoms with Crippen LogP contribution in [-0.4, -0.2) is 75.6 Å². The summed E-state index contributed by atoms with van der Waals surface area (Å²) in [6.07, 6.45) is 3.03. The summed E-state index contributed by atoms with van der Waals surface area (Å²) < 4.78 is 7.24. The minimum absolute atomic E-state index is 0.0335. The van der Waals surface area contributed by atoms with Crippen LogP contribution in [-0.2, 0) is 16.1 Å². The lowest BCUT2D eigenvalue weighted by atomic mass is 10.0. The van der Waals surface area contributed by atoms with Gasteiger partial charge in [-0.15, -0.1) is 0 Å². The molecule has 2 atom stereocenters. The van der Waals surface area contributed by atoms with E-state index in [0.29, 0.717) is 59.7 Å². The summed E-state index contributed by atoms with van der Waals surface area (Å²) in [7, 11) is 1.51. The minimum atomic E-state index is -0.692. The molecule has 0 fully saturated rings. The fraction of sp³-hybridized carbons (Fsp3) is 0.452. The zero-order valence-corrected chi connectivity index (χ0v) is 26.6. The fourth-order valence-electron chi connectivity index (χ4n) is 4.99. The topological polar surface area (TPSA) is 118 Å². The van der Waals surface area contributed by atoms with Gasteiger partial charge in [0, 0.05) is 30.1 Å². The van der Waals surface area contributed by atoms with Gasteiger partial charge in [-0.05, 0) is 49.0 Å². The number of thioether (sulfide) groups is 1. The second-order valence-electron chi connectivity index (χ2n) is 10.8. The van der Waals surface area contributed by atoms with Crippen LogP contribution in [0.15, 0.2) is 48.5 Å². The standard InChI is InChI=1S/C31H39ClN6O4S/c1-20(2)27-29-35-28(21-9-6-5-7-10-21)36-38(29)17-16-37(31(41)23-19-22(32)12-13-25(23)42-3)15-8-11-26(39)33-24(14-18-43-4)30(40)34-27/h5-7,9-10,12-13,19-20,24,27H,8,11,14-18H2,1-4H3,(H,33,39)(H,34,40)/t24-,27+/m0/s1. The molecule has 0 aliphatic carbocycles. The van der Waals surface area contributed by atoms with Crippen LogP contribution in [0.3, 0.4) is 0 Å². The number of benzene rings is 2. The molecule has 12 heteroatoms. The Bertz CT molecular complexity index is 1420. The van der Waals surface area contributed by atoms with Gasteiger partial charge in [-0.3, -0.25) is 14.4 Å². The Labute approximate surface area is 261 Å². The van der Waals surface area contributed by atoms with Crippen LogP contribution >= 0.6 is 23.4 Å². The Hall–Kier alpha value is -3.57. The number of carbonyl (C=O) groups excluding carboxylic acids is 3. The molecular formula is C31H39ClN6O4S. The molecule has 3 amide bonds. The molecule has 0 bridgehead atoms. The molecule has 1 aliphatic rings. The van der Waals surface area contributed by atoms with Gasteiger partial charge < -0.3 is 20.3 Å². The van der Waals surface area contributed by atoms with E-state index >= 15 is 0 Å². The van der Waals surface area contributed by atoms with Gasteiger partial charge in [0.15, 0.2) is 11.6 Å². The van der Waals surface area contributed by atoms with Crippen molar-refractivity contribution < 1.29 is 19.1 Å². The molecule has 2 aromatic carbocycles. The summed E-state index contributed by atoms with van der Waals surface area (Å²) in [5.41, 5.74) is 1.18. The van der Waals surface area contributed by atoms with Crippen molar-refractivity contribution in [3.05, 3.63) is 64.9 Å². The van der Waals surface area contributed by atoms with Gasteiger partial charge in [0.05, 0.1) is 25.3 Å². The predicted molar refractivity (Wildman–Crippen MR) is 169 cm³/mol. The molecule has 2 heterocycles. The van der Waals surface area contributed by atoms with E-state index in [1.165, 1.54) is 7.11 Å². The summed E-state index contributed by atoms with van der Waals surface area (Å²) in [5.74, 6) is 1.46. The van der Waals surface area contributed by atoms with Gasteiger partial charge in [-0.1, -0.05) is 55.8 Å². The number of rotatable bonds is 7. The Morgan fingerprint density at radius 2 is 1.88 bits per heavy atom. The number of halogens is 1. The Balaban J connectivity index is 1.75. The van der Waals surface area contributed by atoms with E-state index in [1.54, 1.807) is 39.5 Å². The summed E-state index contributed by atoms with van der Waals surface area (Å²) >= 11 is 7.87. The number of aromatic nitrogens is 3. The maximum atomic E-state index is 13.9. The maximum Gasteiger partial charge on any atom is 0.257 e. The number of methoxy groups -OCH3 is 1. The third kappa shape index (κ3) is 8.29. The number of hydrogen-bond acceptors (Lipinski definition) is 7. The molecule has 0 saturated heterocycles. The van der Waals surface area contributed by atoms with Crippen molar-refractivity contribution in [1.82, 2.24) is 30.3 Å². The zero-order valence-electron chi connectivity index (χ0n) is 25.0. The van der Waals surface area contributed by atoms with E-state index in [1.807, 2.05) is 50.4 Å². The molecule has 0 saturated carbocycles. The maximum absolute atomic E-state index is 13.9. The predicted octanol–water partition coefficient (Wildman–Crippen LogP) is 4.59. The number of nitrogens with one attached hydrogen (secondary N) is 2. The van der Waals surface area contributed by atoms with E-state index in [2.05, 4.69) is 10.6 Å². The Morgan fingerprint density at radius 3 is 2.58 bits per heavy atom. The number of amides is 3. The van der Waals surface area contributed by atoms with Crippen molar-refractivity contribution in [3.8, 4) is 17.1 Å². The third-order valence-electron chi connectivity index (χ3n) is 7.33. The van der Waals surface area contributed by atoms with E-state index < -0.39 is 12.1 Å². The minimum Gasteiger partial charge on any atom is -0.496 e. The number of fused-ring (bicyclic) bond motifs is 1. The SMILES string of the molecule is COc1ccc(Cl)cc1C(=O)N1CCCC(=O)N[C@@H](CCSC)C(=O)N[C@H](C(C)C)c2nc(-c3ccccc3)nn2CC1. The van der Waals surface area contributed by atoms with Crippen molar-refractivity contribution in [2.75, 3.05) is 32.2 Å². The van der Waals surface area contributed by atoms with Gasteiger partial charge >= 0.3 is 0 Å². The molecule has 43 heavy (non-hydrogen) atoms. The van der Waals surface area contributed by atoms with Crippen LogP contribution in [0.2, 0.25) is 5.02 Å². The number of carbonyl (C=O) groups is 3. The molecule has 0 spiro atoms. The number of nitrogens with zero attached hydrogens (tertiary/aromatic N) is 4. The molecule has 1 aliphatic heterocycles. The molecule has 2 N–H and O–H groups in total. The van der Waals surface area contributed by atoms with E-state index in [9.17, 15) is 14.4 Å². The van der Waals surface area contributed by atoms with Crippen molar-refractivity contribution in [2.24, 2.45) is 5.92 Å². The van der Waals surface area contributed by atoms with E-state index in [0.717, 1.165) is 5.56 Å². The third-order valence-corrected chi connectivity index (χ3v) is 8.21. The quantitative estimate of drug-likeness (QED) is 0.394. The average molecular weight is 627 g/mol. The van der Waals surface area contributed by atoms with Gasteiger partial charge in [-0.2, -0.15) is 16.9 Å². The zero-order chi connectivity index (χ0) is 30.9. The van der Waals surface area contributed by atoms with Gasteiger partial charge in [0.2, 0.25) is 11.8 Å². The largest absolute Gasteiger partial charge is 0.496 e. The fourth-order valence-corrected chi connectivity index (χ4v) is 5.63. The van der Waals surface area contributed by atoms with Gasteiger partial charge in [0.1, 0.15) is 11.8 Å². The van der Waals surface area contributed by atoms with Gasteiger partial charge in [0.25, 0.3) is 5.91 Å². The second-order valence-corrected chi connectivity index (χ2v) is 12.2. The molecule has 230 valence electrons. The summed E-state index contributed by atoms with van der Waals surface area (Å²) in [6.45, 7) is 4.94. The van der Waals surface area contributed by atoms with Crippen LogP contribution in [0, 0.1) is 5.92 Å². The summed E-state index contributed by atoms with van der Waals surface area (Å²) in [5, 5.41) is 11.3. The molecule has 10 nitrogen and oxygen atoms in total. The first-order valence-corrected chi connectivity index (χ1v) is 16.2. The summed E-state index contributed by atoms with van der Waals surface area (Å²) in [6, 6.07) is 13.4. The highest BCUT2D eigenvalue weighted by atomic mass is 35.5. The van der Waals surface area contributed by atoms with E-state index in [-0.39, 0.29) is 36.6 Å². The number of ether oxygens (including phenoxy) is 1. The second kappa shape index (κ2) is 15.2. The molecule has 0 unspecified atom stereocenters. The molecule has 0 radical (unpaired) electrons. The highest BCUT2D eigenvalue weighted by Crippen LogP contribution is 2.27. The van der Waals surface area contributed by atoms with Crippen LogP contribution in [0.5, 0.6) is 5.75 Å². The van der Waals surface area contributed by atoms with Crippen molar-refractivity contribution >= 4 is 41.1 Å². The summed E-state index contributed by atoms with van der Waals surface area (Å²) in [4.78, 5) is 47.0. The monoisotopic (exact) mass is 626 g/mol. The van der Waals surface area contributed by atoms with Crippen molar-refractivity contribution in [2.45, 2.75) is 51.7 Å². The first kappa shape index (κ1) is 32.3. The van der Waals surface area contributed by atoms with Crippen LogP contribution in [0.4, 0.5) is 0 Å². The average Bonchev–Trinajstić information content (AvgIpc) is 3.42. The lowest BCUT2D eigenvalue weighted by molar-refractivity contribution is -0.129. The number of hydrogen-bond donors (Lipinski definition) is 2. The lowest BCUT2D eigenvalue weighted by Gasteiger charge is -2.28. The molecular weight excluding hydrogens is 588 g/mol. The Morgan fingerprint density at radius 1 is 1.12 bits per heavy atom. The van der Waals surface area contributed by atoms with Gasteiger partial charge in [-0.25, -0.2) is 9.67 Å². The first-order valence-electron chi connectivity index (χ1n) is 14.4. The molecule has 4 rings (SSSR count). The highest BCUT2D eigenvalue weighted by molar-refractivity contribution is 7.98. The Kier molecular flexibility index (Phi) is 11.5. The van der Waals surface area contributed by atoms with Crippen molar-refractivity contribution in [1.29, 1.82) is 0 Å². The smallest absolute Gasteiger partial charge is 0.257 e. The van der Waals surface area contributed by atoms with Crippen LogP contribution in [0.25, 0.3) is 11.4 Å². The first-order chi connectivity index (χ1) is 20.7. The molecule has 3 aromatic rings. The van der Waals surface area contributed by atoms with Crippen molar-refractivity contribution in [3.63, 3.8) is 0 Å². The van der Waals surface area contributed by atoms with Crippen LogP contribution in [0.1, 0.15) is 55.3 Å². The van der Waals surface area contributed by atoms with E-state index in [4.69, 9.17) is 26.4 Å². The normalized spacial score (nSPS) is 18.4.